The van der Waals surface area contributed by atoms with Crippen LogP contribution >= 0.6 is 0 Å². The van der Waals surface area contributed by atoms with Gasteiger partial charge in [-0.25, -0.2) is 9.78 Å². The van der Waals surface area contributed by atoms with Gasteiger partial charge in [0.2, 0.25) is 0 Å². The fourth-order valence-electron chi connectivity index (χ4n) is 2.40. The summed E-state index contributed by atoms with van der Waals surface area (Å²) in [4.78, 5) is 41.6. The Morgan fingerprint density at radius 1 is 1.36 bits per heavy atom. The topological polar surface area (TPSA) is 116 Å². The van der Waals surface area contributed by atoms with Gasteiger partial charge in [0.05, 0.1) is 11.6 Å². The lowest BCUT2D eigenvalue weighted by Crippen LogP contribution is -2.50. The van der Waals surface area contributed by atoms with Crippen molar-refractivity contribution in [3.8, 4) is 0 Å². The molecular weight excluding hydrogens is 286 g/mol. The summed E-state index contributed by atoms with van der Waals surface area (Å²) >= 11 is 0. The van der Waals surface area contributed by atoms with Crippen molar-refractivity contribution in [1.82, 2.24) is 25.9 Å². The summed E-state index contributed by atoms with van der Waals surface area (Å²) in [6.07, 6.45) is 0.455. The minimum atomic E-state index is -0.353. The number of carbonyl (C=O) groups excluding carboxylic acids is 2. The number of hydrogen-bond acceptors (Lipinski definition) is 4. The average Bonchev–Trinajstić information content (AvgIpc) is 2.36. The van der Waals surface area contributed by atoms with Crippen LogP contribution < -0.4 is 21.5 Å². The van der Waals surface area contributed by atoms with E-state index in [1.165, 1.54) is 6.07 Å². The molecule has 3 amide bonds. The lowest BCUT2D eigenvalue weighted by Gasteiger charge is -2.25. The number of aromatic nitrogens is 2. The van der Waals surface area contributed by atoms with Gasteiger partial charge < -0.3 is 20.9 Å². The first-order valence-electron chi connectivity index (χ1n) is 7.00. The molecule has 8 heteroatoms. The van der Waals surface area contributed by atoms with Crippen molar-refractivity contribution in [3.05, 3.63) is 39.2 Å². The van der Waals surface area contributed by atoms with Crippen molar-refractivity contribution >= 4 is 11.9 Å². The Hall–Kier alpha value is -2.64. The minimum absolute atomic E-state index is 0.208. The standard InChI is InChI=1S/C14H19N5O3/c1-7-12(8(2)17-14(22)16-7)13(21)15-5-4-10-6-11(20)19-9(3)18-10/h6-7H,4-5H2,1-3H3,(H,15,21)(H2,16,17,22)(H,18,19,20). The molecule has 0 aromatic carbocycles. The molecule has 22 heavy (non-hydrogen) atoms. The maximum Gasteiger partial charge on any atom is 0.319 e. The number of rotatable bonds is 4. The van der Waals surface area contributed by atoms with E-state index in [1.54, 1.807) is 20.8 Å². The zero-order valence-electron chi connectivity index (χ0n) is 12.7. The highest BCUT2D eigenvalue weighted by Gasteiger charge is 2.26. The molecule has 0 spiro atoms. The van der Waals surface area contributed by atoms with E-state index in [-0.39, 0.29) is 23.5 Å². The summed E-state index contributed by atoms with van der Waals surface area (Å²) in [6.45, 7) is 5.49. The highest BCUT2D eigenvalue weighted by molar-refractivity contribution is 5.98. The van der Waals surface area contributed by atoms with Gasteiger partial charge in [-0.05, 0) is 20.8 Å². The van der Waals surface area contributed by atoms with E-state index in [1.807, 2.05) is 0 Å². The summed E-state index contributed by atoms with van der Waals surface area (Å²) < 4.78 is 0. The fraction of sp³-hybridized carbons (Fsp3) is 0.429. The molecule has 0 bridgehead atoms. The third-order valence-corrected chi connectivity index (χ3v) is 3.31. The van der Waals surface area contributed by atoms with Gasteiger partial charge in [0.15, 0.2) is 0 Å². The number of carbonyl (C=O) groups is 2. The molecule has 1 aliphatic rings. The van der Waals surface area contributed by atoms with Crippen molar-refractivity contribution in [2.45, 2.75) is 33.2 Å². The Balaban J connectivity index is 1.97. The first-order chi connectivity index (χ1) is 10.4. The third-order valence-electron chi connectivity index (χ3n) is 3.31. The largest absolute Gasteiger partial charge is 0.352 e. The van der Waals surface area contributed by atoms with Crippen molar-refractivity contribution in [1.29, 1.82) is 0 Å². The number of aromatic amines is 1. The minimum Gasteiger partial charge on any atom is -0.352 e. The molecule has 0 radical (unpaired) electrons. The molecule has 4 N–H and O–H groups in total. The molecule has 0 saturated carbocycles. The molecule has 8 nitrogen and oxygen atoms in total. The van der Waals surface area contributed by atoms with Gasteiger partial charge in [0, 0.05) is 30.4 Å². The molecule has 1 unspecified atom stereocenters. The first-order valence-corrected chi connectivity index (χ1v) is 7.00. The van der Waals surface area contributed by atoms with E-state index in [2.05, 4.69) is 25.9 Å². The predicted octanol–water partition coefficient (Wildman–Crippen LogP) is -0.288. The molecule has 0 fully saturated rings. The molecular formula is C14H19N5O3. The van der Waals surface area contributed by atoms with Crippen LogP contribution in [0.25, 0.3) is 0 Å². The monoisotopic (exact) mass is 305 g/mol. The van der Waals surface area contributed by atoms with Gasteiger partial charge >= 0.3 is 6.03 Å². The van der Waals surface area contributed by atoms with Gasteiger partial charge in [-0.3, -0.25) is 9.59 Å². The normalized spacial score (nSPS) is 17.8. The van der Waals surface area contributed by atoms with Crippen molar-refractivity contribution in [2.24, 2.45) is 0 Å². The second-order valence-electron chi connectivity index (χ2n) is 5.19. The smallest absolute Gasteiger partial charge is 0.319 e. The van der Waals surface area contributed by atoms with Crippen molar-refractivity contribution < 1.29 is 9.59 Å². The number of nitrogens with one attached hydrogen (secondary N) is 4. The van der Waals surface area contributed by atoms with E-state index >= 15 is 0 Å². The van der Waals surface area contributed by atoms with E-state index in [0.29, 0.717) is 35.8 Å². The molecule has 2 heterocycles. The quantitative estimate of drug-likeness (QED) is 0.612. The zero-order chi connectivity index (χ0) is 16.3. The summed E-state index contributed by atoms with van der Waals surface area (Å²) in [5.74, 6) is 0.291. The highest BCUT2D eigenvalue weighted by Crippen LogP contribution is 2.11. The van der Waals surface area contributed by atoms with E-state index in [9.17, 15) is 14.4 Å². The Morgan fingerprint density at radius 3 is 2.73 bits per heavy atom. The zero-order valence-corrected chi connectivity index (χ0v) is 12.7. The molecule has 2 rings (SSSR count). The maximum absolute atomic E-state index is 12.2. The maximum atomic E-state index is 12.2. The van der Waals surface area contributed by atoms with Crippen molar-refractivity contribution in [3.63, 3.8) is 0 Å². The van der Waals surface area contributed by atoms with Crippen LogP contribution in [0.15, 0.2) is 22.1 Å². The lowest BCUT2D eigenvalue weighted by molar-refractivity contribution is -0.117. The van der Waals surface area contributed by atoms with Crippen LogP contribution in [-0.2, 0) is 11.2 Å². The Bertz CT molecular complexity index is 692. The van der Waals surface area contributed by atoms with Gasteiger partial charge in [0.25, 0.3) is 11.5 Å². The SMILES string of the molecule is CC1=C(C(=O)NCCc2cc(=O)[nH]c(C)n2)C(C)NC(=O)N1. The van der Waals surface area contributed by atoms with Gasteiger partial charge in [0.1, 0.15) is 5.82 Å². The number of urea groups is 1. The van der Waals surface area contributed by atoms with Crippen LogP contribution in [0.1, 0.15) is 25.4 Å². The molecule has 1 aliphatic heterocycles. The van der Waals surface area contributed by atoms with E-state index in [0.717, 1.165) is 0 Å². The molecule has 0 saturated heterocycles. The molecule has 1 atom stereocenters. The Morgan fingerprint density at radius 2 is 2.09 bits per heavy atom. The second kappa shape index (κ2) is 6.42. The molecule has 0 aliphatic carbocycles. The summed E-state index contributed by atoms with van der Waals surface area (Å²) in [7, 11) is 0. The number of hydrogen-bond donors (Lipinski definition) is 4. The summed E-state index contributed by atoms with van der Waals surface area (Å²) in [5, 5.41) is 7.99. The third kappa shape index (κ3) is 3.72. The Labute approximate surface area is 127 Å². The van der Waals surface area contributed by atoms with Crippen LogP contribution in [0.2, 0.25) is 0 Å². The number of aryl methyl sites for hydroxylation is 1. The van der Waals surface area contributed by atoms with Gasteiger partial charge in [-0.2, -0.15) is 0 Å². The van der Waals surface area contributed by atoms with Crippen molar-refractivity contribution in [2.75, 3.05) is 6.54 Å². The van der Waals surface area contributed by atoms with E-state index < -0.39 is 0 Å². The van der Waals surface area contributed by atoms with Gasteiger partial charge in [-0.1, -0.05) is 0 Å². The van der Waals surface area contributed by atoms with Crippen LogP contribution in [0.4, 0.5) is 4.79 Å². The second-order valence-corrected chi connectivity index (χ2v) is 5.19. The van der Waals surface area contributed by atoms with Crippen LogP contribution in [0.5, 0.6) is 0 Å². The van der Waals surface area contributed by atoms with Crippen LogP contribution in [-0.4, -0.2) is 34.5 Å². The Kier molecular flexibility index (Phi) is 4.59. The molecule has 118 valence electrons. The summed E-state index contributed by atoms with van der Waals surface area (Å²) in [5.41, 5.74) is 1.45. The van der Waals surface area contributed by atoms with E-state index in [4.69, 9.17) is 0 Å². The fourth-order valence-corrected chi connectivity index (χ4v) is 2.40. The number of nitrogens with zero attached hydrogens (tertiary/aromatic N) is 1. The first kappa shape index (κ1) is 15.7. The van der Waals surface area contributed by atoms with Gasteiger partial charge in [-0.15, -0.1) is 0 Å². The molecule has 1 aromatic rings. The summed E-state index contributed by atoms with van der Waals surface area (Å²) in [6, 6.07) is 0.743. The number of allylic oxidation sites excluding steroid dienone is 1. The average molecular weight is 305 g/mol. The molecule has 1 aromatic heterocycles. The number of H-pyrrole nitrogens is 1. The van der Waals surface area contributed by atoms with Crippen LogP contribution in [0.3, 0.4) is 0 Å². The number of amides is 3. The lowest BCUT2D eigenvalue weighted by atomic mass is 10.0. The van der Waals surface area contributed by atoms with Crippen LogP contribution in [0, 0.1) is 6.92 Å². The highest BCUT2D eigenvalue weighted by atomic mass is 16.2. The predicted molar refractivity (Wildman–Crippen MR) is 80.1 cm³/mol.